The molecule has 1 aromatic rings. The number of rotatable bonds is 6. The summed E-state index contributed by atoms with van der Waals surface area (Å²) in [4.78, 5) is 4.52. The zero-order valence-electron chi connectivity index (χ0n) is 11.4. The van der Waals surface area contributed by atoms with Gasteiger partial charge < -0.3 is 14.6 Å². The quantitative estimate of drug-likeness (QED) is 0.840. The van der Waals surface area contributed by atoms with Gasteiger partial charge in [-0.3, -0.25) is 0 Å². The van der Waals surface area contributed by atoms with Crippen molar-refractivity contribution >= 4 is 0 Å². The molecular weight excluding hydrogens is 230 g/mol. The number of hydrogen-bond donors (Lipinski definition) is 1. The van der Waals surface area contributed by atoms with Crippen LogP contribution in [-0.2, 0) is 16.8 Å². The van der Waals surface area contributed by atoms with Gasteiger partial charge in [-0.05, 0) is 26.8 Å². The van der Waals surface area contributed by atoms with Gasteiger partial charge >= 0.3 is 0 Å². The molecule has 5 heteroatoms. The van der Waals surface area contributed by atoms with Gasteiger partial charge in [0.05, 0.1) is 0 Å². The molecule has 1 aromatic heterocycles. The van der Waals surface area contributed by atoms with Crippen molar-refractivity contribution in [2.24, 2.45) is 0 Å². The van der Waals surface area contributed by atoms with Crippen LogP contribution in [0.1, 0.15) is 50.7 Å². The molecule has 5 nitrogen and oxygen atoms in total. The fraction of sp³-hybridized carbons (Fsp3) is 0.846. The van der Waals surface area contributed by atoms with E-state index < -0.39 is 0 Å². The van der Waals surface area contributed by atoms with Gasteiger partial charge in [-0.25, -0.2) is 0 Å². The molecule has 2 rings (SSSR count). The third-order valence-corrected chi connectivity index (χ3v) is 3.55. The van der Waals surface area contributed by atoms with E-state index in [0.717, 1.165) is 31.6 Å². The minimum Gasteiger partial charge on any atom is -0.367 e. The minimum atomic E-state index is -0.297. The van der Waals surface area contributed by atoms with Crippen LogP contribution in [0.25, 0.3) is 0 Å². The molecule has 1 saturated carbocycles. The zero-order chi connectivity index (χ0) is 12.8. The lowest BCUT2D eigenvalue weighted by molar-refractivity contribution is -0.0777. The van der Waals surface area contributed by atoms with Gasteiger partial charge in [-0.15, -0.1) is 0 Å². The van der Waals surface area contributed by atoms with E-state index in [9.17, 15) is 0 Å². The normalized spacial score (nSPS) is 19.0. The summed E-state index contributed by atoms with van der Waals surface area (Å²) in [5.74, 6) is 1.44. The number of aromatic nitrogens is 2. The van der Waals surface area contributed by atoms with E-state index in [-0.39, 0.29) is 5.60 Å². The van der Waals surface area contributed by atoms with Crippen molar-refractivity contribution in [3.63, 3.8) is 0 Å². The number of hydrogen-bond acceptors (Lipinski definition) is 5. The molecule has 18 heavy (non-hydrogen) atoms. The zero-order valence-corrected chi connectivity index (χ0v) is 11.4. The van der Waals surface area contributed by atoms with E-state index in [2.05, 4.69) is 15.5 Å². The Morgan fingerprint density at radius 3 is 2.78 bits per heavy atom. The molecule has 0 saturated heterocycles. The van der Waals surface area contributed by atoms with Crippen LogP contribution in [0, 0.1) is 0 Å². The smallest absolute Gasteiger partial charge is 0.228 e. The summed E-state index contributed by atoms with van der Waals surface area (Å²) in [6, 6.07) is 0. The molecule has 1 N–H and O–H groups in total. The van der Waals surface area contributed by atoms with E-state index in [4.69, 9.17) is 9.26 Å². The Labute approximate surface area is 108 Å². The lowest BCUT2D eigenvalue weighted by Crippen LogP contribution is -2.33. The lowest BCUT2D eigenvalue weighted by Gasteiger charge is -2.33. The first-order valence-electron chi connectivity index (χ1n) is 6.92. The van der Waals surface area contributed by atoms with E-state index in [1.54, 1.807) is 0 Å². The Bertz CT molecular complexity index is 353. The Morgan fingerprint density at radius 2 is 2.11 bits per heavy atom. The van der Waals surface area contributed by atoms with Crippen LogP contribution in [0.2, 0.25) is 0 Å². The first-order valence-corrected chi connectivity index (χ1v) is 6.92. The summed E-state index contributed by atoms with van der Waals surface area (Å²) >= 11 is 0. The molecule has 1 heterocycles. The van der Waals surface area contributed by atoms with E-state index in [1.165, 1.54) is 19.3 Å². The monoisotopic (exact) mass is 253 g/mol. The Morgan fingerprint density at radius 1 is 1.33 bits per heavy atom. The second kappa shape index (κ2) is 6.29. The molecule has 0 aliphatic heterocycles. The van der Waals surface area contributed by atoms with Crippen LogP contribution in [0.3, 0.4) is 0 Å². The molecule has 0 spiro atoms. The highest BCUT2D eigenvalue weighted by Crippen LogP contribution is 2.38. The molecule has 0 unspecified atom stereocenters. The molecule has 0 aromatic carbocycles. The first-order chi connectivity index (χ1) is 8.80. The maximum Gasteiger partial charge on any atom is 0.228 e. The summed E-state index contributed by atoms with van der Waals surface area (Å²) in [7, 11) is 1.92. The van der Waals surface area contributed by atoms with Crippen molar-refractivity contribution in [2.45, 2.75) is 51.0 Å². The maximum absolute atomic E-state index is 5.97. The lowest BCUT2D eigenvalue weighted by atomic mass is 9.84. The van der Waals surface area contributed by atoms with Gasteiger partial charge in [0.2, 0.25) is 11.7 Å². The Hall–Kier alpha value is -0.940. The Kier molecular flexibility index (Phi) is 4.72. The largest absolute Gasteiger partial charge is 0.367 e. The van der Waals surface area contributed by atoms with Gasteiger partial charge in [0.1, 0.15) is 5.60 Å². The number of nitrogens with zero attached hydrogens (tertiary/aromatic N) is 2. The third kappa shape index (κ3) is 2.90. The summed E-state index contributed by atoms with van der Waals surface area (Å²) < 4.78 is 11.3. The molecule has 0 amide bonds. The standard InChI is InChI=1S/C13H23N3O2/c1-3-17-13(8-5-4-6-9-13)12-15-11(18-16-12)7-10-14-2/h14H,3-10H2,1-2H3. The fourth-order valence-corrected chi connectivity index (χ4v) is 2.61. The predicted octanol–water partition coefficient (Wildman–Crippen LogP) is 2.03. The van der Waals surface area contributed by atoms with Crippen molar-refractivity contribution in [2.75, 3.05) is 20.2 Å². The van der Waals surface area contributed by atoms with E-state index in [1.807, 2.05) is 14.0 Å². The number of ether oxygens (including phenoxy) is 1. The highest BCUT2D eigenvalue weighted by molar-refractivity contribution is 5.03. The Balaban J connectivity index is 2.12. The molecule has 1 aliphatic rings. The van der Waals surface area contributed by atoms with Gasteiger partial charge in [0.25, 0.3) is 0 Å². The van der Waals surface area contributed by atoms with Crippen molar-refractivity contribution in [3.8, 4) is 0 Å². The summed E-state index contributed by atoms with van der Waals surface area (Å²) in [5.41, 5.74) is -0.297. The predicted molar refractivity (Wildman–Crippen MR) is 68.3 cm³/mol. The first kappa shape index (κ1) is 13.5. The second-order valence-electron chi connectivity index (χ2n) is 4.85. The maximum atomic E-state index is 5.97. The van der Waals surface area contributed by atoms with Crippen LogP contribution >= 0.6 is 0 Å². The van der Waals surface area contributed by atoms with Crippen LogP contribution < -0.4 is 5.32 Å². The summed E-state index contributed by atoms with van der Waals surface area (Å²) in [5, 5.41) is 7.23. The highest BCUT2D eigenvalue weighted by Gasteiger charge is 2.39. The van der Waals surface area contributed by atoms with E-state index in [0.29, 0.717) is 12.5 Å². The van der Waals surface area contributed by atoms with Gasteiger partial charge in [0, 0.05) is 19.6 Å². The summed E-state index contributed by atoms with van der Waals surface area (Å²) in [6.45, 7) is 3.57. The average Bonchev–Trinajstić information content (AvgIpc) is 2.87. The van der Waals surface area contributed by atoms with Crippen LogP contribution in [-0.4, -0.2) is 30.3 Å². The SMILES string of the molecule is CCOC1(c2noc(CCNC)n2)CCCCC1. The van der Waals surface area contributed by atoms with Gasteiger partial charge in [0.15, 0.2) is 0 Å². The third-order valence-electron chi connectivity index (χ3n) is 3.55. The van der Waals surface area contributed by atoms with Crippen molar-refractivity contribution in [3.05, 3.63) is 11.7 Å². The highest BCUT2D eigenvalue weighted by atomic mass is 16.5. The van der Waals surface area contributed by atoms with Crippen LogP contribution in [0.5, 0.6) is 0 Å². The molecular formula is C13H23N3O2. The summed E-state index contributed by atoms with van der Waals surface area (Å²) in [6.07, 6.45) is 6.42. The topological polar surface area (TPSA) is 60.2 Å². The van der Waals surface area contributed by atoms with E-state index >= 15 is 0 Å². The molecule has 1 fully saturated rings. The van der Waals surface area contributed by atoms with Gasteiger partial charge in [-0.2, -0.15) is 4.98 Å². The molecule has 1 aliphatic carbocycles. The van der Waals surface area contributed by atoms with Crippen LogP contribution in [0.15, 0.2) is 4.52 Å². The number of nitrogens with one attached hydrogen (secondary N) is 1. The van der Waals surface area contributed by atoms with Crippen molar-refractivity contribution in [1.82, 2.24) is 15.5 Å². The molecule has 102 valence electrons. The molecule has 0 bridgehead atoms. The second-order valence-corrected chi connectivity index (χ2v) is 4.85. The number of likely N-dealkylation sites (N-methyl/N-ethyl adjacent to an activating group) is 1. The molecule has 0 atom stereocenters. The van der Waals surface area contributed by atoms with Crippen molar-refractivity contribution < 1.29 is 9.26 Å². The fourth-order valence-electron chi connectivity index (χ4n) is 2.61. The van der Waals surface area contributed by atoms with Crippen LogP contribution in [0.4, 0.5) is 0 Å². The minimum absolute atomic E-state index is 0.297. The average molecular weight is 253 g/mol. The van der Waals surface area contributed by atoms with Gasteiger partial charge in [-0.1, -0.05) is 24.4 Å². The van der Waals surface area contributed by atoms with Crippen molar-refractivity contribution in [1.29, 1.82) is 0 Å². The molecule has 0 radical (unpaired) electrons.